The number of anilines is 1. The van der Waals surface area contributed by atoms with Crippen molar-refractivity contribution in [2.75, 3.05) is 19.0 Å². The van der Waals surface area contributed by atoms with Crippen LogP contribution < -0.4 is 10.5 Å². The summed E-state index contributed by atoms with van der Waals surface area (Å²) in [5.74, 6) is -1.83. The van der Waals surface area contributed by atoms with Crippen LogP contribution in [-0.2, 0) is 12.8 Å². The highest BCUT2D eigenvalue weighted by Gasteiger charge is 2.25. The minimum Gasteiger partial charge on any atom is -0.506 e. The van der Waals surface area contributed by atoms with Gasteiger partial charge >= 0.3 is 5.97 Å². The van der Waals surface area contributed by atoms with Crippen molar-refractivity contribution in [2.45, 2.75) is 19.3 Å². The quantitative estimate of drug-likeness (QED) is 0.788. The number of carboxylic acids is 1. The minimum absolute atomic E-state index is 0.416. The van der Waals surface area contributed by atoms with Crippen LogP contribution in [0.3, 0.4) is 0 Å². The van der Waals surface area contributed by atoms with E-state index in [1.807, 2.05) is 31.1 Å². The Morgan fingerprint density at radius 2 is 2.00 bits per heavy atom. The molecule has 0 aliphatic heterocycles. The Morgan fingerprint density at radius 1 is 1.26 bits per heavy atom. The van der Waals surface area contributed by atoms with Crippen molar-refractivity contribution in [3.63, 3.8) is 0 Å². The van der Waals surface area contributed by atoms with Gasteiger partial charge in [-0.15, -0.1) is 0 Å². The van der Waals surface area contributed by atoms with Gasteiger partial charge in [-0.1, -0.05) is 6.07 Å². The van der Waals surface area contributed by atoms with Crippen molar-refractivity contribution in [3.8, 4) is 17.0 Å². The summed E-state index contributed by atoms with van der Waals surface area (Å²) in [6.07, 6.45) is 2.09. The number of aromatic hydroxyl groups is 1. The molecule has 3 rings (SSSR count). The van der Waals surface area contributed by atoms with Crippen molar-refractivity contribution in [1.29, 1.82) is 0 Å². The number of H-pyrrole nitrogens is 1. The zero-order chi connectivity index (χ0) is 16.7. The van der Waals surface area contributed by atoms with Crippen LogP contribution in [0.25, 0.3) is 11.3 Å². The van der Waals surface area contributed by atoms with Crippen molar-refractivity contribution >= 4 is 11.7 Å². The molecule has 1 heterocycles. The Kier molecular flexibility index (Phi) is 3.60. The lowest BCUT2D eigenvalue weighted by molar-refractivity contribution is 0.0691. The normalized spacial score (nSPS) is 13.0. The number of aryl methyl sites for hydroxylation is 1. The lowest BCUT2D eigenvalue weighted by atomic mass is 9.99. The zero-order valence-electron chi connectivity index (χ0n) is 13.0. The average Bonchev–Trinajstić information content (AvgIpc) is 2.66. The third-order valence-electron chi connectivity index (χ3n) is 4.25. The highest BCUT2D eigenvalue weighted by atomic mass is 16.4. The molecular weight excluding hydrogens is 296 g/mol. The molecular formula is C17H18N2O4. The van der Waals surface area contributed by atoms with Gasteiger partial charge < -0.3 is 20.1 Å². The Morgan fingerprint density at radius 3 is 2.65 bits per heavy atom. The minimum atomic E-state index is -1.42. The average molecular weight is 314 g/mol. The molecule has 0 saturated heterocycles. The summed E-state index contributed by atoms with van der Waals surface area (Å²) < 4.78 is 0. The van der Waals surface area contributed by atoms with Gasteiger partial charge in [-0.05, 0) is 37.0 Å². The van der Waals surface area contributed by atoms with Crippen LogP contribution in [0.15, 0.2) is 23.0 Å². The van der Waals surface area contributed by atoms with Gasteiger partial charge in [0.2, 0.25) is 0 Å². The predicted molar refractivity (Wildman–Crippen MR) is 87.5 cm³/mol. The summed E-state index contributed by atoms with van der Waals surface area (Å²) in [5.41, 5.74) is 2.63. The number of nitrogens with one attached hydrogen (secondary N) is 1. The van der Waals surface area contributed by atoms with Gasteiger partial charge in [0, 0.05) is 30.9 Å². The molecule has 0 unspecified atom stereocenters. The highest BCUT2D eigenvalue weighted by Crippen LogP contribution is 2.37. The van der Waals surface area contributed by atoms with Crippen LogP contribution in [0, 0.1) is 0 Å². The van der Waals surface area contributed by atoms with Gasteiger partial charge in [0.25, 0.3) is 5.56 Å². The van der Waals surface area contributed by atoms with Crippen LogP contribution in [0.2, 0.25) is 0 Å². The van der Waals surface area contributed by atoms with Crippen molar-refractivity contribution in [3.05, 3.63) is 45.2 Å². The van der Waals surface area contributed by atoms with Crippen LogP contribution in [0.5, 0.6) is 5.75 Å². The molecule has 1 aliphatic carbocycles. The van der Waals surface area contributed by atoms with E-state index >= 15 is 0 Å². The van der Waals surface area contributed by atoms with E-state index in [4.69, 9.17) is 5.11 Å². The molecule has 0 saturated carbocycles. The molecule has 0 fully saturated rings. The first-order valence-corrected chi connectivity index (χ1v) is 7.42. The van der Waals surface area contributed by atoms with E-state index < -0.39 is 22.8 Å². The number of fused-ring (bicyclic) bond motifs is 3. The fraction of sp³-hybridized carbons (Fsp3) is 0.294. The van der Waals surface area contributed by atoms with E-state index in [9.17, 15) is 14.7 Å². The molecule has 0 amide bonds. The molecule has 120 valence electrons. The van der Waals surface area contributed by atoms with Crippen molar-refractivity contribution in [1.82, 2.24) is 4.98 Å². The predicted octanol–water partition coefficient (Wildman–Crippen LogP) is 2.00. The number of nitrogens with zero attached hydrogens (tertiary/aromatic N) is 1. The summed E-state index contributed by atoms with van der Waals surface area (Å²) in [7, 11) is 3.92. The molecule has 1 aromatic heterocycles. The monoisotopic (exact) mass is 314 g/mol. The van der Waals surface area contributed by atoms with Crippen molar-refractivity contribution in [2.24, 2.45) is 0 Å². The van der Waals surface area contributed by atoms with E-state index in [0.717, 1.165) is 29.7 Å². The third-order valence-corrected chi connectivity index (χ3v) is 4.25. The number of hydrogen-bond acceptors (Lipinski definition) is 4. The zero-order valence-corrected chi connectivity index (χ0v) is 13.0. The summed E-state index contributed by atoms with van der Waals surface area (Å²) in [6.45, 7) is 0. The Hall–Kier alpha value is -2.76. The first-order chi connectivity index (χ1) is 10.9. The van der Waals surface area contributed by atoms with Gasteiger partial charge in [0.15, 0.2) is 5.56 Å². The van der Waals surface area contributed by atoms with Gasteiger partial charge in [0.1, 0.15) is 5.75 Å². The van der Waals surface area contributed by atoms with Crippen LogP contribution in [0.1, 0.15) is 27.9 Å². The SMILES string of the molecule is CN(C)c1ccc2c(c1)CCCc1c-2[nH]c(=O)c(C(=O)O)c1O. The molecule has 1 aromatic carbocycles. The maximum Gasteiger partial charge on any atom is 0.345 e. The number of benzene rings is 1. The number of carbonyl (C=O) groups is 1. The lowest BCUT2D eigenvalue weighted by Crippen LogP contribution is -2.20. The second-order valence-corrected chi connectivity index (χ2v) is 5.93. The second-order valence-electron chi connectivity index (χ2n) is 5.93. The first-order valence-electron chi connectivity index (χ1n) is 7.42. The maximum absolute atomic E-state index is 12.0. The fourth-order valence-electron chi connectivity index (χ4n) is 3.06. The first kappa shape index (κ1) is 15.1. The summed E-state index contributed by atoms with van der Waals surface area (Å²) >= 11 is 0. The van der Waals surface area contributed by atoms with E-state index in [1.54, 1.807) is 0 Å². The van der Waals surface area contributed by atoms with Crippen molar-refractivity contribution < 1.29 is 15.0 Å². The van der Waals surface area contributed by atoms with Crippen LogP contribution in [0.4, 0.5) is 5.69 Å². The largest absolute Gasteiger partial charge is 0.506 e. The number of aromatic nitrogens is 1. The number of aromatic amines is 1. The number of carboxylic acid groups (broad SMARTS) is 1. The summed E-state index contributed by atoms with van der Waals surface area (Å²) in [5, 5.41) is 19.4. The molecule has 0 spiro atoms. The molecule has 6 heteroatoms. The molecule has 0 bridgehead atoms. The van der Waals surface area contributed by atoms with Gasteiger partial charge in [-0.2, -0.15) is 0 Å². The Labute approximate surface area is 133 Å². The van der Waals surface area contributed by atoms with Gasteiger partial charge in [0.05, 0.1) is 5.69 Å². The van der Waals surface area contributed by atoms with E-state index in [0.29, 0.717) is 17.7 Å². The number of rotatable bonds is 2. The van der Waals surface area contributed by atoms with Crippen LogP contribution in [-0.4, -0.2) is 35.3 Å². The molecule has 3 N–H and O–H groups in total. The van der Waals surface area contributed by atoms with Crippen LogP contribution >= 0.6 is 0 Å². The van der Waals surface area contributed by atoms with E-state index in [1.165, 1.54) is 0 Å². The fourth-order valence-corrected chi connectivity index (χ4v) is 3.06. The van der Waals surface area contributed by atoms with Gasteiger partial charge in [-0.25, -0.2) is 4.79 Å². The Balaban J connectivity index is 2.27. The molecule has 0 atom stereocenters. The number of hydrogen-bond donors (Lipinski definition) is 3. The standard InChI is InChI=1S/C17H18N2O4/c1-19(2)10-6-7-11-9(8-10)4-3-5-12-14(11)18-16(21)13(15(12)20)17(22)23/h6-8H,3-5H2,1-2H3,(H,22,23)(H2,18,20,21). The lowest BCUT2D eigenvalue weighted by Gasteiger charge is -2.16. The molecule has 2 aromatic rings. The third kappa shape index (κ3) is 2.46. The molecule has 0 radical (unpaired) electrons. The summed E-state index contributed by atoms with van der Waals surface area (Å²) in [6, 6.07) is 5.91. The number of pyridine rings is 1. The maximum atomic E-state index is 12.0. The highest BCUT2D eigenvalue weighted by molar-refractivity contribution is 5.92. The molecule has 23 heavy (non-hydrogen) atoms. The number of aromatic carboxylic acids is 1. The van der Waals surface area contributed by atoms with E-state index in [2.05, 4.69) is 11.1 Å². The molecule has 1 aliphatic rings. The van der Waals surface area contributed by atoms with E-state index in [-0.39, 0.29) is 0 Å². The summed E-state index contributed by atoms with van der Waals surface area (Å²) in [4.78, 5) is 27.9. The van der Waals surface area contributed by atoms with Gasteiger partial charge in [-0.3, -0.25) is 4.79 Å². The second kappa shape index (κ2) is 5.46. The topological polar surface area (TPSA) is 93.6 Å². The Bertz CT molecular complexity index is 852. The smallest absolute Gasteiger partial charge is 0.345 e. The molecule has 6 nitrogen and oxygen atoms in total.